The Morgan fingerprint density at radius 1 is 1.00 bits per heavy atom. The molecule has 3 aromatic rings. The monoisotopic (exact) mass is 502 g/mol. The third-order valence-electron chi connectivity index (χ3n) is 6.61. The van der Waals surface area contributed by atoms with Gasteiger partial charge in [0.05, 0.1) is 22.8 Å². The molecule has 3 aliphatic heterocycles. The van der Waals surface area contributed by atoms with Crippen LogP contribution >= 0.6 is 0 Å². The second kappa shape index (κ2) is 11.3. The Morgan fingerprint density at radius 2 is 1.86 bits per heavy atom. The third kappa shape index (κ3) is 6.03. The summed E-state index contributed by atoms with van der Waals surface area (Å²) in [7, 11) is 0. The summed E-state index contributed by atoms with van der Waals surface area (Å²) in [6.45, 7) is 3.53. The number of carbonyl (C=O) groups excluding carboxylic acids is 1. The molecule has 10 heteroatoms. The highest BCUT2D eigenvalue weighted by Crippen LogP contribution is 2.31. The van der Waals surface area contributed by atoms with E-state index in [1.54, 1.807) is 24.4 Å². The molecule has 0 unspecified atom stereocenters. The van der Waals surface area contributed by atoms with Crippen molar-refractivity contribution in [1.29, 1.82) is 0 Å². The Kier molecular flexibility index (Phi) is 7.55. The van der Waals surface area contributed by atoms with Gasteiger partial charge in [-0.2, -0.15) is 0 Å². The number of ether oxygens (including phenoxy) is 1. The molecule has 1 aromatic heterocycles. The Labute approximate surface area is 215 Å². The highest BCUT2D eigenvalue weighted by Gasteiger charge is 2.20. The Bertz CT molecular complexity index is 1290. The number of nitro groups is 1. The first-order valence-electron chi connectivity index (χ1n) is 12.7. The van der Waals surface area contributed by atoms with Crippen LogP contribution < -0.4 is 15.5 Å². The van der Waals surface area contributed by atoms with Crippen molar-refractivity contribution < 1.29 is 14.5 Å². The summed E-state index contributed by atoms with van der Waals surface area (Å²) in [6, 6.07) is 12.3. The molecule has 1 saturated heterocycles. The van der Waals surface area contributed by atoms with Crippen molar-refractivity contribution in [2.75, 3.05) is 36.5 Å². The number of fused-ring (bicyclic) bond motifs is 9. The van der Waals surface area contributed by atoms with E-state index < -0.39 is 4.92 Å². The number of anilines is 3. The lowest BCUT2D eigenvalue weighted by Crippen LogP contribution is -2.29. The van der Waals surface area contributed by atoms with E-state index in [0.717, 1.165) is 42.9 Å². The summed E-state index contributed by atoms with van der Waals surface area (Å²) in [5, 5.41) is 18.0. The van der Waals surface area contributed by atoms with Crippen molar-refractivity contribution in [3.05, 3.63) is 69.9 Å². The van der Waals surface area contributed by atoms with Gasteiger partial charge in [-0.05, 0) is 74.1 Å². The van der Waals surface area contributed by atoms with E-state index in [9.17, 15) is 14.9 Å². The fraction of sp³-hybridized carbons (Fsp3) is 0.370. The van der Waals surface area contributed by atoms with Crippen molar-refractivity contribution in [2.24, 2.45) is 0 Å². The zero-order chi connectivity index (χ0) is 25.6. The molecule has 1 amide bonds. The molecular weight excluding hydrogens is 472 g/mol. The highest BCUT2D eigenvalue weighted by atomic mass is 16.6. The van der Waals surface area contributed by atoms with Crippen molar-refractivity contribution in [3.63, 3.8) is 0 Å². The van der Waals surface area contributed by atoms with Gasteiger partial charge in [-0.15, -0.1) is 0 Å². The molecule has 10 nitrogen and oxygen atoms in total. The lowest BCUT2D eigenvalue weighted by molar-refractivity contribution is -0.384. The van der Waals surface area contributed by atoms with Crippen LogP contribution in [0.25, 0.3) is 11.3 Å². The minimum absolute atomic E-state index is 0.182. The van der Waals surface area contributed by atoms with Crippen molar-refractivity contribution in [2.45, 2.75) is 38.7 Å². The number of aromatic nitrogens is 2. The number of benzene rings is 2. The first kappa shape index (κ1) is 24.6. The average Bonchev–Trinajstić information content (AvgIpc) is 2.92. The summed E-state index contributed by atoms with van der Waals surface area (Å²) in [5.74, 6) is -0.0195. The molecule has 0 spiro atoms. The molecule has 192 valence electrons. The molecule has 6 bridgehead atoms. The first-order chi connectivity index (χ1) is 18.1. The van der Waals surface area contributed by atoms with Gasteiger partial charge in [0.15, 0.2) is 0 Å². The molecule has 0 aliphatic carbocycles. The first-order valence-corrected chi connectivity index (χ1v) is 12.7. The van der Waals surface area contributed by atoms with Crippen LogP contribution in [0.3, 0.4) is 0 Å². The number of carbonyl (C=O) groups is 1. The molecule has 0 atom stereocenters. The molecule has 0 radical (unpaired) electrons. The topological polar surface area (TPSA) is 123 Å². The maximum Gasteiger partial charge on any atom is 0.279 e. The predicted molar refractivity (Wildman–Crippen MR) is 141 cm³/mol. The SMILES string of the molecule is O=C1NCCCCOCc2cc(cc(N3CCCCC3)c2)Nc2nccc(n2)-c2ccc1cc2[N+](=O)[O-]. The van der Waals surface area contributed by atoms with Crippen LogP contribution in [0.15, 0.2) is 48.7 Å². The van der Waals surface area contributed by atoms with E-state index in [2.05, 4.69) is 37.6 Å². The lowest BCUT2D eigenvalue weighted by Gasteiger charge is -2.29. The van der Waals surface area contributed by atoms with E-state index in [0.29, 0.717) is 37.0 Å². The van der Waals surface area contributed by atoms with Crippen LogP contribution in [-0.4, -0.2) is 47.0 Å². The Morgan fingerprint density at radius 3 is 2.70 bits per heavy atom. The summed E-state index contributed by atoms with van der Waals surface area (Å²) >= 11 is 0. The molecule has 4 heterocycles. The van der Waals surface area contributed by atoms with E-state index in [1.165, 1.54) is 25.3 Å². The zero-order valence-corrected chi connectivity index (χ0v) is 20.6. The molecule has 1 fully saturated rings. The van der Waals surface area contributed by atoms with Gasteiger partial charge in [0.25, 0.3) is 11.6 Å². The molecule has 3 aliphatic rings. The summed E-state index contributed by atoms with van der Waals surface area (Å²) in [4.78, 5) is 35.3. The molecule has 2 aromatic carbocycles. The molecule has 6 rings (SSSR count). The number of nitrogens with zero attached hydrogens (tertiary/aromatic N) is 4. The van der Waals surface area contributed by atoms with Crippen LogP contribution in [0.2, 0.25) is 0 Å². The minimum Gasteiger partial charge on any atom is -0.377 e. The fourth-order valence-corrected chi connectivity index (χ4v) is 4.73. The standard InChI is InChI=1S/C27H30N6O4/c34-26-20-6-7-23(25(16-20)33(35)36)24-8-10-29-27(31-24)30-21-14-19(18-37-13-5-2-9-28-26)15-22(17-21)32-11-3-1-4-12-32/h6-8,10,14-17H,1-5,9,11-13,18H2,(H,28,34)(H,29,30,31). The normalized spacial score (nSPS) is 16.6. The average molecular weight is 503 g/mol. The van der Waals surface area contributed by atoms with E-state index >= 15 is 0 Å². The molecular formula is C27H30N6O4. The number of piperidine rings is 1. The van der Waals surface area contributed by atoms with E-state index in [1.807, 2.05) is 6.07 Å². The third-order valence-corrected chi connectivity index (χ3v) is 6.61. The second-order valence-electron chi connectivity index (χ2n) is 9.33. The maximum absolute atomic E-state index is 12.6. The van der Waals surface area contributed by atoms with Gasteiger partial charge in [0.1, 0.15) is 0 Å². The van der Waals surface area contributed by atoms with Crippen LogP contribution in [0.1, 0.15) is 48.0 Å². The number of nitrogens with one attached hydrogen (secondary N) is 2. The van der Waals surface area contributed by atoms with Crippen molar-refractivity contribution in [1.82, 2.24) is 15.3 Å². The zero-order valence-electron chi connectivity index (χ0n) is 20.6. The van der Waals surface area contributed by atoms with Crippen LogP contribution in [0, 0.1) is 10.1 Å². The number of hydrogen-bond donors (Lipinski definition) is 2. The van der Waals surface area contributed by atoms with E-state index in [-0.39, 0.29) is 17.2 Å². The predicted octanol–water partition coefficient (Wildman–Crippen LogP) is 4.83. The van der Waals surface area contributed by atoms with Crippen LogP contribution in [0.4, 0.5) is 23.0 Å². The number of hydrogen-bond acceptors (Lipinski definition) is 8. The molecule has 37 heavy (non-hydrogen) atoms. The van der Waals surface area contributed by atoms with Gasteiger partial charge in [-0.3, -0.25) is 14.9 Å². The summed E-state index contributed by atoms with van der Waals surface area (Å²) in [6.07, 6.45) is 6.68. The largest absolute Gasteiger partial charge is 0.377 e. The van der Waals surface area contributed by atoms with Gasteiger partial charge in [-0.1, -0.05) is 0 Å². The van der Waals surface area contributed by atoms with Gasteiger partial charge < -0.3 is 20.3 Å². The van der Waals surface area contributed by atoms with Gasteiger partial charge in [0.2, 0.25) is 5.95 Å². The van der Waals surface area contributed by atoms with Gasteiger partial charge >= 0.3 is 0 Å². The van der Waals surface area contributed by atoms with Gasteiger partial charge in [-0.25, -0.2) is 9.97 Å². The highest BCUT2D eigenvalue weighted by molar-refractivity contribution is 5.96. The number of amides is 1. The fourth-order valence-electron chi connectivity index (χ4n) is 4.73. The minimum atomic E-state index is -0.491. The van der Waals surface area contributed by atoms with Crippen LogP contribution in [-0.2, 0) is 11.3 Å². The Hall–Kier alpha value is -4.05. The quantitative estimate of drug-likeness (QED) is 0.378. The van der Waals surface area contributed by atoms with Crippen molar-refractivity contribution >= 4 is 28.9 Å². The summed E-state index contributed by atoms with van der Waals surface area (Å²) in [5.41, 5.74) is 3.76. The van der Waals surface area contributed by atoms with Gasteiger partial charge in [0, 0.05) is 55.4 Å². The smallest absolute Gasteiger partial charge is 0.279 e. The van der Waals surface area contributed by atoms with Crippen LogP contribution in [0.5, 0.6) is 0 Å². The maximum atomic E-state index is 12.6. The molecule has 0 saturated carbocycles. The summed E-state index contributed by atoms with van der Waals surface area (Å²) < 4.78 is 5.95. The Balaban J connectivity index is 1.52. The molecule has 2 N–H and O–H groups in total. The number of nitro benzene ring substituents is 1. The van der Waals surface area contributed by atoms with E-state index in [4.69, 9.17) is 4.74 Å². The van der Waals surface area contributed by atoms with Crippen molar-refractivity contribution in [3.8, 4) is 11.3 Å². The number of rotatable bonds is 2. The lowest BCUT2D eigenvalue weighted by atomic mass is 10.1. The second-order valence-corrected chi connectivity index (χ2v) is 9.33.